The Kier molecular flexibility index (Phi) is 8.41. The van der Waals surface area contributed by atoms with Crippen LogP contribution in [0.25, 0.3) is 0 Å². The van der Waals surface area contributed by atoms with Gasteiger partial charge in [-0.05, 0) is 31.2 Å². The van der Waals surface area contributed by atoms with Crippen LogP contribution in [0.15, 0.2) is 46.9 Å². The van der Waals surface area contributed by atoms with Gasteiger partial charge < -0.3 is 14.2 Å². The Hall–Kier alpha value is -3.17. The Morgan fingerprint density at radius 1 is 1.31 bits per heavy atom. The Balaban J connectivity index is 1.71. The molecule has 0 amide bonds. The first-order valence-electron chi connectivity index (χ1n) is 9.63. The number of nitrogens with zero attached hydrogens (tertiary/aromatic N) is 2. The number of carbonyl (C=O) groups is 1. The number of rotatable bonds is 10. The highest BCUT2D eigenvalue weighted by atomic mass is 35.5. The number of para-hydroxylation sites is 1. The second kappa shape index (κ2) is 11.4. The Morgan fingerprint density at radius 2 is 2.12 bits per heavy atom. The molecule has 32 heavy (non-hydrogen) atoms. The van der Waals surface area contributed by atoms with Crippen molar-refractivity contribution in [1.29, 1.82) is 0 Å². The minimum Gasteiger partial charge on any atom is -0.493 e. The molecule has 2 aromatic carbocycles. The van der Waals surface area contributed by atoms with E-state index in [1.54, 1.807) is 36.6 Å². The summed E-state index contributed by atoms with van der Waals surface area (Å²) in [4.78, 5) is 15.9. The lowest BCUT2D eigenvalue weighted by Gasteiger charge is -2.14. The van der Waals surface area contributed by atoms with Crippen LogP contribution in [-0.4, -0.2) is 30.9 Å². The monoisotopic (exact) mass is 477 g/mol. The first kappa shape index (κ1) is 23.5. The molecule has 7 nitrogen and oxygen atoms in total. The third-order valence-electron chi connectivity index (χ3n) is 4.20. The molecule has 1 aromatic heterocycles. The highest BCUT2D eigenvalue weighted by Gasteiger charge is 2.13. The van der Waals surface area contributed by atoms with E-state index < -0.39 is 5.82 Å². The lowest BCUT2D eigenvalue weighted by atomic mass is 10.2. The lowest BCUT2D eigenvalue weighted by molar-refractivity contribution is -0.142. The summed E-state index contributed by atoms with van der Waals surface area (Å²) in [6, 6.07) is 9.74. The number of methoxy groups -OCH3 is 1. The predicted octanol–water partition coefficient (Wildman–Crippen LogP) is 5.07. The molecule has 0 unspecified atom stereocenters. The van der Waals surface area contributed by atoms with Gasteiger partial charge in [-0.25, -0.2) is 9.37 Å². The average Bonchev–Trinajstić information content (AvgIpc) is 3.21. The second-order valence-electron chi connectivity index (χ2n) is 6.36. The van der Waals surface area contributed by atoms with Gasteiger partial charge in [-0.2, -0.15) is 5.10 Å². The van der Waals surface area contributed by atoms with Gasteiger partial charge in [0, 0.05) is 16.5 Å². The van der Waals surface area contributed by atoms with Crippen LogP contribution in [0.4, 0.5) is 9.52 Å². The molecule has 0 fully saturated rings. The molecule has 0 radical (unpaired) electrons. The molecule has 1 heterocycles. The Bertz CT molecular complexity index is 1090. The molecule has 0 saturated heterocycles. The van der Waals surface area contributed by atoms with Gasteiger partial charge in [0.2, 0.25) is 5.13 Å². The fourth-order valence-corrected chi connectivity index (χ4v) is 3.60. The fraction of sp³-hybridized carbons (Fsp3) is 0.227. The van der Waals surface area contributed by atoms with Gasteiger partial charge in [0.1, 0.15) is 12.4 Å². The van der Waals surface area contributed by atoms with E-state index in [4.69, 9.17) is 25.8 Å². The van der Waals surface area contributed by atoms with E-state index in [1.807, 2.05) is 0 Å². The molecule has 0 aliphatic carbocycles. The highest BCUT2D eigenvalue weighted by molar-refractivity contribution is 7.13. The maximum absolute atomic E-state index is 14.1. The van der Waals surface area contributed by atoms with Crippen LogP contribution in [0.2, 0.25) is 5.02 Å². The third-order valence-corrected chi connectivity index (χ3v) is 5.35. The smallest absolute Gasteiger partial charge is 0.311 e. The molecule has 0 atom stereocenters. The van der Waals surface area contributed by atoms with Crippen LogP contribution in [0.1, 0.15) is 23.7 Å². The second-order valence-corrected chi connectivity index (χ2v) is 7.63. The molecule has 3 aromatic rings. The van der Waals surface area contributed by atoms with Crippen molar-refractivity contribution >= 4 is 40.3 Å². The maximum Gasteiger partial charge on any atom is 0.311 e. The number of carbonyl (C=O) groups excluding carboxylic acids is 1. The van der Waals surface area contributed by atoms with Gasteiger partial charge in [-0.15, -0.1) is 11.3 Å². The van der Waals surface area contributed by atoms with Gasteiger partial charge in [0.15, 0.2) is 11.5 Å². The van der Waals surface area contributed by atoms with Crippen LogP contribution < -0.4 is 14.9 Å². The number of hydrogen-bond donors (Lipinski definition) is 1. The number of nitrogens with one attached hydrogen (secondary N) is 1. The fourth-order valence-electron chi connectivity index (χ4n) is 2.72. The summed E-state index contributed by atoms with van der Waals surface area (Å²) in [5, 5.41) is 6.74. The normalized spacial score (nSPS) is 10.9. The van der Waals surface area contributed by atoms with Crippen molar-refractivity contribution in [3.8, 4) is 11.5 Å². The number of benzene rings is 2. The number of thiazole rings is 1. The Labute approximate surface area is 193 Å². The topological polar surface area (TPSA) is 82.0 Å². The molecule has 0 aliphatic rings. The number of esters is 1. The average molecular weight is 478 g/mol. The summed E-state index contributed by atoms with van der Waals surface area (Å²) in [7, 11) is 1.51. The summed E-state index contributed by atoms with van der Waals surface area (Å²) in [5.41, 5.74) is 4.27. The van der Waals surface area contributed by atoms with E-state index in [1.165, 1.54) is 36.8 Å². The third kappa shape index (κ3) is 6.18. The van der Waals surface area contributed by atoms with Crippen LogP contribution in [0.3, 0.4) is 0 Å². The summed E-state index contributed by atoms with van der Waals surface area (Å²) in [6.45, 7) is 2.00. The van der Waals surface area contributed by atoms with Crippen LogP contribution in [0, 0.1) is 5.82 Å². The van der Waals surface area contributed by atoms with E-state index >= 15 is 0 Å². The zero-order valence-corrected chi connectivity index (χ0v) is 19.0. The zero-order chi connectivity index (χ0) is 22.9. The minimum atomic E-state index is -0.452. The first-order chi connectivity index (χ1) is 15.5. The molecular weight excluding hydrogens is 457 g/mol. The van der Waals surface area contributed by atoms with Crippen molar-refractivity contribution in [3.63, 3.8) is 0 Å². The largest absolute Gasteiger partial charge is 0.493 e. The quantitative estimate of drug-likeness (QED) is 0.249. The van der Waals surface area contributed by atoms with E-state index in [2.05, 4.69) is 15.5 Å². The molecule has 168 valence electrons. The Morgan fingerprint density at radius 3 is 2.88 bits per heavy atom. The highest BCUT2D eigenvalue weighted by Crippen LogP contribution is 2.32. The van der Waals surface area contributed by atoms with Crippen molar-refractivity contribution in [2.75, 3.05) is 19.1 Å². The molecular formula is C22H21ClFN3O4S. The van der Waals surface area contributed by atoms with Gasteiger partial charge >= 0.3 is 5.97 Å². The van der Waals surface area contributed by atoms with Gasteiger partial charge in [-0.3, -0.25) is 10.2 Å². The summed E-state index contributed by atoms with van der Waals surface area (Å²) >= 11 is 7.40. The van der Waals surface area contributed by atoms with Crippen LogP contribution in [0.5, 0.6) is 11.5 Å². The zero-order valence-electron chi connectivity index (χ0n) is 17.4. The molecule has 1 N–H and O–H groups in total. The summed E-state index contributed by atoms with van der Waals surface area (Å²) in [5.74, 6) is 0.0713. The van der Waals surface area contributed by atoms with Crippen molar-refractivity contribution in [2.45, 2.75) is 20.0 Å². The molecule has 0 bridgehead atoms. The number of anilines is 1. The number of hydrogen-bond acceptors (Lipinski definition) is 8. The number of ether oxygens (including phenoxy) is 3. The van der Waals surface area contributed by atoms with Gasteiger partial charge in [-0.1, -0.05) is 23.7 Å². The van der Waals surface area contributed by atoms with Gasteiger partial charge in [0.05, 0.1) is 37.1 Å². The van der Waals surface area contributed by atoms with Crippen LogP contribution >= 0.6 is 22.9 Å². The lowest BCUT2D eigenvalue weighted by Crippen LogP contribution is -2.07. The molecule has 0 saturated carbocycles. The number of hydrazone groups is 1. The first-order valence-corrected chi connectivity index (χ1v) is 10.9. The summed E-state index contributed by atoms with van der Waals surface area (Å²) in [6.07, 6.45) is 1.63. The molecule has 10 heteroatoms. The molecule has 0 spiro atoms. The molecule has 3 rings (SSSR count). The maximum atomic E-state index is 14.1. The van der Waals surface area contributed by atoms with Crippen LogP contribution in [-0.2, 0) is 22.6 Å². The van der Waals surface area contributed by atoms with Crippen molar-refractivity contribution in [3.05, 3.63) is 69.4 Å². The van der Waals surface area contributed by atoms with E-state index in [-0.39, 0.29) is 29.6 Å². The van der Waals surface area contributed by atoms with Crippen molar-refractivity contribution in [1.82, 2.24) is 4.98 Å². The SMILES string of the molecule is CCOC(=O)Cc1csc(NN=Cc2cccc(OC)c2OCc2c(F)cccc2Cl)n1. The predicted molar refractivity (Wildman–Crippen MR) is 122 cm³/mol. The standard InChI is InChI=1S/C22H21ClFN3O4S/c1-3-30-20(28)10-15-13-32-22(26-15)27-25-11-14-6-4-9-19(29-2)21(14)31-12-16-17(23)7-5-8-18(16)24/h4-9,11,13H,3,10,12H2,1-2H3,(H,26,27). The van der Waals surface area contributed by atoms with Gasteiger partial charge in [0.25, 0.3) is 0 Å². The summed E-state index contributed by atoms with van der Waals surface area (Å²) < 4.78 is 30.2. The minimum absolute atomic E-state index is 0.0795. The van der Waals surface area contributed by atoms with E-state index in [0.29, 0.717) is 34.5 Å². The molecule has 0 aliphatic heterocycles. The van der Waals surface area contributed by atoms with E-state index in [0.717, 1.165) is 0 Å². The van der Waals surface area contributed by atoms with Crippen molar-refractivity contribution in [2.24, 2.45) is 5.10 Å². The van der Waals surface area contributed by atoms with E-state index in [9.17, 15) is 9.18 Å². The number of aromatic nitrogens is 1. The number of halogens is 2. The van der Waals surface area contributed by atoms with Crippen molar-refractivity contribution < 1.29 is 23.4 Å².